The summed E-state index contributed by atoms with van der Waals surface area (Å²) in [5.41, 5.74) is 1.33. The van der Waals surface area contributed by atoms with Crippen molar-refractivity contribution in [1.29, 1.82) is 0 Å². The van der Waals surface area contributed by atoms with Crippen LogP contribution in [0.5, 0.6) is 0 Å². The maximum atomic E-state index is 13.9. The number of carbonyl (C=O) groups is 4. The van der Waals surface area contributed by atoms with E-state index in [1.54, 1.807) is 31.5 Å². The number of fused-ring (bicyclic) bond motifs is 6. The molecular formula is C34H40N8O6S2. The van der Waals surface area contributed by atoms with E-state index in [9.17, 15) is 19.2 Å². The molecule has 0 spiro atoms. The Bertz CT molecular complexity index is 1810. The molecule has 14 nitrogen and oxygen atoms in total. The van der Waals surface area contributed by atoms with E-state index >= 15 is 0 Å². The quantitative estimate of drug-likeness (QED) is 0.317. The molecule has 5 heterocycles. The maximum Gasteiger partial charge on any atom is 0.271 e. The topological polar surface area (TPSA) is 185 Å². The van der Waals surface area contributed by atoms with Gasteiger partial charge in [0.05, 0.1) is 18.6 Å². The highest BCUT2D eigenvalue weighted by atomic mass is 32.1. The van der Waals surface area contributed by atoms with Gasteiger partial charge in [-0.15, -0.1) is 22.7 Å². The molecule has 2 aromatic heterocycles. The van der Waals surface area contributed by atoms with Crippen LogP contribution in [0.25, 0.3) is 0 Å². The molecule has 3 aliphatic rings. The summed E-state index contributed by atoms with van der Waals surface area (Å²) in [5.74, 6) is -1.19. The lowest BCUT2D eigenvalue weighted by Gasteiger charge is -2.24. The largest absolute Gasteiger partial charge is 0.474 e. The zero-order chi connectivity index (χ0) is 35.5. The molecule has 3 aliphatic heterocycles. The number of hydrogen-bond acceptors (Lipinski definition) is 12. The minimum Gasteiger partial charge on any atom is -0.474 e. The second-order valence-corrected chi connectivity index (χ2v) is 14.4. The first-order chi connectivity index (χ1) is 24.0. The van der Waals surface area contributed by atoms with Crippen molar-refractivity contribution in [1.82, 2.24) is 31.2 Å². The maximum absolute atomic E-state index is 13.9. The number of nitrogens with zero attached hydrogens (tertiary/aromatic N) is 4. The number of rotatable bonds is 4. The third-order valence-electron chi connectivity index (χ3n) is 8.91. The van der Waals surface area contributed by atoms with E-state index < -0.39 is 54.2 Å². The summed E-state index contributed by atoms with van der Waals surface area (Å²) in [6.07, 6.45) is -0.0336. The number of benzene rings is 1. The van der Waals surface area contributed by atoms with Gasteiger partial charge in [0.15, 0.2) is 12.1 Å². The van der Waals surface area contributed by atoms with E-state index in [4.69, 9.17) is 14.5 Å². The second-order valence-electron chi connectivity index (χ2n) is 12.7. The fraction of sp³-hybridized carbons (Fsp3) is 0.471. The predicted molar refractivity (Wildman–Crippen MR) is 188 cm³/mol. The molecule has 264 valence electrons. The molecule has 0 saturated heterocycles. The number of carbonyl (C=O) groups excluding carboxylic acids is 4. The number of aromatic nitrogens is 2. The Morgan fingerprint density at radius 3 is 2.20 bits per heavy atom. The van der Waals surface area contributed by atoms with Gasteiger partial charge < -0.3 is 30.7 Å². The molecule has 6 rings (SSSR count). The number of aliphatic imine (C=N–C) groups is 2. The smallest absolute Gasteiger partial charge is 0.271 e. The van der Waals surface area contributed by atoms with Crippen molar-refractivity contribution >= 4 is 58.1 Å². The Balaban J connectivity index is 1.33. The molecule has 8 atom stereocenters. The van der Waals surface area contributed by atoms with E-state index in [2.05, 4.69) is 36.2 Å². The van der Waals surface area contributed by atoms with Crippen LogP contribution in [-0.4, -0.2) is 82.3 Å². The van der Waals surface area contributed by atoms with Gasteiger partial charge in [0, 0.05) is 10.8 Å². The Morgan fingerprint density at radius 2 is 1.46 bits per heavy atom. The molecule has 0 aliphatic carbocycles. The monoisotopic (exact) mass is 720 g/mol. The Hall–Kier alpha value is -4.70. The SMILES string of the molecule is CCC(C)[C@@H]1NC(=O)c2csc(n2)[C@@H](C)NC(=O)C2N=C(CNC(=O)c3csc(n3)[C@@H](Cc3ccccc3)NC(=O)[C@H]3N=C1O[C@@H]3C)O[C@@H]2C. The Kier molecular flexibility index (Phi) is 10.6. The van der Waals surface area contributed by atoms with Gasteiger partial charge in [-0.2, -0.15) is 0 Å². The van der Waals surface area contributed by atoms with E-state index in [0.717, 1.165) is 5.56 Å². The van der Waals surface area contributed by atoms with E-state index in [-0.39, 0.29) is 47.5 Å². The first kappa shape index (κ1) is 35.1. The van der Waals surface area contributed by atoms with Crippen molar-refractivity contribution < 1.29 is 28.7 Å². The molecule has 4 N–H and O–H groups in total. The van der Waals surface area contributed by atoms with E-state index in [1.807, 2.05) is 44.2 Å². The van der Waals surface area contributed by atoms with E-state index in [1.165, 1.54) is 22.7 Å². The lowest BCUT2D eigenvalue weighted by molar-refractivity contribution is -0.125. The minimum atomic E-state index is -0.881. The van der Waals surface area contributed by atoms with Gasteiger partial charge in [0.2, 0.25) is 23.6 Å². The molecule has 8 bridgehead atoms. The van der Waals surface area contributed by atoms with Crippen molar-refractivity contribution in [3.63, 3.8) is 0 Å². The van der Waals surface area contributed by atoms with Crippen LogP contribution in [0.1, 0.15) is 89.7 Å². The highest BCUT2D eigenvalue weighted by molar-refractivity contribution is 7.10. The Morgan fingerprint density at radius 1 is 0.820 bits per heavy atom. The van der Waals surface area contributed by atoms with Gasteiger partial charge in [-0.1, -0.05) is 50.6 Å². The van der Waals surface area contributed by atoms with E-state index in [0.29, 0.717) is 22.9 Å². The van der Waals surface area contributed by atoms with Gasteiger partial charge in [-0.05, 0) is 38.7 Å². The van der Waals surface area contributed by atoms with Crippen LogP contribution in [0.2, 0.25) is 0 Å². The minimum absolute atomic E-state index is 0.0396. The lowest BCUT2D eigenvalue weighted by Crippen LogP contribution is -2.45. The average Bonchev–Trinajstić information content (AvgIpc) is 3.92. The van der Waals surface area contributed by atoms with Crippen LogP contribution in [0.4, 0.5) is 0 Å². The molecular weight excluding hydrogens is 681 g/mol. The first-order valence-electron chi connectivity index (χ1n) is 16.6. The Labute approximate surface area is 297 Å². The third kappa shape index (κ3) is 7.70. The lowest BCUT2D eigenvalue weighted by atomic mass is 9.98. The van der Waals surface area contributed by atoms with Crippen LogP contribution in [0.15, 0.2) is 51.1 Å². The third-order valence-corrected chi connectivity index (χ3v) is 10.9. The number of ether oxygens (including phenoxy) is 2. The van der Waals surface area contributed by atoms with Gasteiger partial charge in [0.25, 0.3) is 11.8 Å². The number of nitrogens with one attached hydrogen (secondary N) is 4. The number of thiazole rings is 2. The standard InChI is InChI=1S/C34H40N8O6S2/c1-6-16(2)25-32-42-27(19(5)48-32)31(46)37-21(12-20-10-8-7-9-11-20)34-39-22(14-50-34)28(43)35-13-24-40-26(18(4)47-24)30(45)36-17(3)33-38-23(15-49-33)29(44)41-25/h7-11,14-19,21,25-27H,6,12-13H2,1-5H3,(H,35,43)(H,36,45)(H,37,46)(H,41,44)/t16?,17-,18-,19-,21-,25+,26?,27+/m1/s1. The molecule has 16 heteroatoms. The molecule has 4 amide bonds. The first-order valence-corrected chi connectivity index (χ1v) is 18.4. The highest BCUT2D eigenvalue weighted by Crippen LogP contribution is 2.26. The van der Waals surface area contributed by atoms with Crippen molar-refractivity contribution in [3.05, 3.63) is 68.1 Å². The van der Waals surface area contributed by atoms with Crippen molar-refractivity contribution in [2.24, 2.45) is 15.9 Å². The summed E-state index contributed by atoms with van der Waals surface area (Å²) < 4.78 is 11.9. The highest BCUT2D eigenvalue weighted by Gasteiger charge is 2.40. The molecule has 1 aromatic carbocycles. The molecule has 0 radical (unpaired) electrons. The van der Waals surface area contributed by atoms with Gasteiger partial charge in [0.1, 0.15) is 39.7 Å². The van der Waals surface area contributed by atoms with Crippen LogP contribution in [-0.2, 0) is 25.5 Å². The number of amides is 4. The zero-order valence-corrected chi connectivity index (χ0v) is 30.0. The molecule has 3 aromatic rings. The summed E-state index contributed by atoms with van der Waals surface area (Å²) in [7, 11) is 0. The predicted octanol–water partition coefficient (Wildman–Crippen LogP) is 3.14. The fourth-order valence-corrected chi connectivity index (χ4v) is 7.49. The van der Waals surface area contributed by atoms with Gasteiger partial charge in [-0.3, -0.25) is 19.2 Å². The summed E-state index contributed by atoms with van der Waals surface area (Å²) in [6, 6.07) is 6.26. The molecule has 0 saturated carbocycles. The van der Waals surface area contributed by atoms with Crippen molar-refractivity contribution in [2.75, 3.05) is 6.54 Å². The van der Waals surface area contributed by atoms with Crippen LogP contribution >= 0.6 is 22.7 Å². The molecule has 50 heavy (non-hydrogen) atoms. The average molecular weight is 721 g/mol. The van der Waals surface area contributed by atoms with Crippen LogP contribution in [0.3, 0.4) is 0 Å². The van der Waals surface area contributed by atoms with Gasteiger partial charge >= 0.3 is 0 Å². The molecule has 0 fully saturated rings. The fourth-order valence-electron chi connectivity index (χ4n) is 5.84. The summed E-state index contributed by atoms with van der Waals surface area (Å²) in [6.45, 7) is 9.20. The summed E-state index contributed by atoms with van der Waals surface area (Å²) in [4.78, 5) is 72.0. The summed E-state index contributed by atoms with van der Waals surface area (Å²) >= 11 is 2.51. The van der Waals surface area contributed by atoms with Crippen LogP contribution in [0, 0.1) is 5.92 Å². The van der Waals surface area contributed by atoms with Crippen LogP contribution < -0.4 is 21.3 Å². The summed E-state index contributed by atoms with van der Waals surface area (Å²) in [5, 5.41) is 16.2. The van der Waals surface area contributed by atoms with Crippen molar-refractivity contribution in [3.8, 4) is 0 Å². The zero-order valence-electron chi connectivity index (χ0n) is 28.3. The van der Waals surface area contributed by atoms with Gasteiger partial charge in [-0.25, -0.2) is 20.0 Å². The second kappa shape index (κ2) is 15.0. The normalized spacial score (nSPS) is 28.1. The number of hydrogen-bond donors (Lipinski definition) is 4. The molecule has 2 unspecified atom stereocenters. The van der Waals surface area contributed by atoms with Crippen molar-refractivity contribution in [2.45, 2.75) is 89.9 Å².